The molecule has 0 fully saturated rings. The highest BCUT2D eigenvalue weighted by molar-refractivity contribution is 7.09. The summed E-state index contributed by atoms with van der Waals surface area (Å²) in [7, 11) is 0. The number of carbonyl (C=O) groups is 1. The molecule has 0 aliphatic rings. The van der Waals surface area contributed by atoms with E-state index in [4.69, 9.17) is 11.6 Å². The number of aromatic nitrogens is 2. The zero-order valence-electron chi connectivity index (χ0n) is 9.76. The number of amides is 1. The fraction of sp³-hybridized carbons (Fsp3) is 0.250. The van der Waals surface area contributed by atoms with Crippen molar-refractivity contribution < 1.29 is 4.79 Å². The molecule has 0 saturated carbocycles. The average molecular weight is 282 g/mol. The molecule has 0 aromatic carbocycles. The molecule has 0 aliphatic carbocycles. The summed E-state index contributed by atoms with van der Waals surface area (Å²) in [5.74, 6) is -0.233. The molecule has 1 atom stereocenters. The standard InChI is InChI=1S/C12H12ClN3OS/c1-8(7-9-3-2-6-18-9)14-12(17)10-4-5-11(13)16-15-10/h2-6,8H,7H2,1H3,(H,14,17). The van der Waals surface area contributed by atoms with Crippen molar-refractivity contribution in [2.75, 3.05) is 0 Å². The molecule has 1 unspecified atom stereocenters. The fourth-order valence-electron chi connectivity index (χ4n) is 1.52. The number of rotatable bonds is 4. The van der Waals surface area contributed by atoms with Crippen LogP contribution in [0.25, 0.3) is 0 Å². The zero-order valence-corrected chi connectivity index (χ0v) is 11.3. The summed E-state index contributed by atoms with van der Waals surface area (Å²) in [6.45, 7) is 1.96. The quantitative estimate of drug-likeness (QED) is 0.937. The van der Waals surface area contributed by atoms with Gasteiger partial charge in [0, 0.05) is 17.3 Å². The normalized spacial score (nSPS) is 12.1. The lowest BCUT2D eigenvalue weighted by atomic mass is 10.2. The van der Waals surface area contributed by atoms with E-state index in [9.17, 15) is 4.79 Å². The van der Waals surface area contributed by atoms with Crippen LogP contribution in [0.3, 0.4) is 0 Å². The van der Waals surface area contributed by atoms with Gasteiger partial charge in [-0.05, 0) is 30.5 Å². The van der Waals surface area contributed by atoms with Crippen LogP contribution < -0.4 is 5.32 Å². The lowest BCUT2D eigenvalue weighted by molar-refractivity contribution is 0.0934. The molecule has 2 heterocycles. The molecule has 2 aromatic heterocycles. The Hall–Kier alpha value is -1.46. The van der Waals surface area contributed by atoms with Crippen LogP contribution in [0.2, 0.25) is 5.15 Å². The maximum absolute atomic E-state index is 11.8. The Morgan fingerprint density at radius 2 is 2.28 bits per heavy atom. The first kappa shape index (κ1) is 13.0. The van der Waals surface area contributed by atoms with Gasteiger partial charge in [-0.1, -0.05) is 17.7 Å². The first-order chi connectivity index (χ1) is 8.65. The Labute approximate surface area is 114 Å². The molecule has 0 aliphatic heterocycles. The Bertz CT molecular complexity index is 513. The van der Waals surface area contributed by atoms with Gasteiger partial charge in [0.05, 0.1) is 0 Å². The number of thiophene rings is 1. The highest BCUT2D eigenvalue weighted by atomic mass is 35.5. The second kappa shape index (κ2) is 5.93. The van der Waals surface area contributed by atoms with Crippen LogP contribution >= 0.6 is 22.9 Å². The van der Waals surface area contributed by atoms with Crippen molar-refractivity contribution in [2.24, 2.45) is 0 Å². The second-order valence-corrected chi connectivity index (χ2v) is 5.32. The van der Waals surface area contributed by atoms with E-state index >= 15 is 0 Å². The number of hydrogen-bond donors (Lipinski definition) is 1. The minimum atomic E-state index is -0.233. The van der Waals surface area contributed by atoms with E-state index in [0.717, 1.165) is 6.42 Å². The Morgan fingerprint density at radius 3 is 2.89 bits per heavy atom. The summed E-state index contributed by atoms with van der Waals surface area (Å²) in [4.78, 5) is 13.1. The van der Waals surface area contributed by atoms with E-state index < -0.39 is 0 Å². The summed E-state index contributed by atoms with van der Waals surface area (Å²) >= 11 is 7.29. The van der Waals surface area contributed by atoms with Gasteiger partial charge in [0.2, 0.25) is 0 Å². The summed E-state index contributed by atoms with van der Waals surface area (Å²) in [5, 5.41) is 12.6. The minimum absolute atomic E-state index is 0.0497. The molecule has 94 valence electrons. The van der Waals surface area contributed by atoms with Gasteiger partial charge < -0.3 is 5.32 Å². The van der Waals surface area contributed by atoms with Crippen LogP contribution in [-0.2, 0) is 6.42 Å². The van der Waals surface area contributed by atoms with Gasteiger partial charge in [0.15, 0.2) is 10.8 Å². The highest BCUT2D eigenvalue weighted by Crippen LogP contribution is 2.11. The molecule has 1 N–H and O–H groups in total. The Morgan fingerprint density at radius 1 is 1.44 bits per heavy atom. The molecule has 2 aromatic rings. The summed E-state index contributed by atoms with van der Waals surface area (Å²) in [6, 6.07) is 7.21. The summed E-state index contributed by atoms with van der Waals surface area (Å²) in [6.07, 6.45) is 0.810. The molecule has 4 nitrogen and oxygen atoms in total. The Balaban J connectivity index is 1.92. The largest absolute Gasteiger partial charge is 0.348 e. The lowest BCUT2D eigenvalue weighted by Crippen LogP contribution is -2.34. The SMILES string of the molecule is CC(Cc1cccs1)NC(=O)c1ccc(Cl)nn1. The van der Waals surface area contributed by atoms with Crippen molar-refractivity contribution in [3.05, 3.63) is 45.4 Å². The highest BCUT2D eigenvalue weighted by Gasteiger charge is 2.12. The maximum Gasteiger partial charge on any atom is 0.272 e. The third kappa shape index (κ3) is 3.51. The van der Waals surface area contributed by atoms with Gasteiger partial charge in [-0.25, -0.2) is 0 Å². The zero-order chi connectivity index (χ0) is 13.0. The van der Waals surface area contributed by atoms with E-state index in [0.29, 0.717) is 0 Å². The van der Waals surface area contributed by atoms with Gasteiger partial charge in [-0.2, -0.15) is 0 Å². The summed E-state index contributed by atoms with van der Waals surface area (Å²) in [5.41, 5.74) is 0.275. The molecule has 1 amide bonds. The molecule has 0 saturated heterocycles. The van der Waals surface area contributed by atoms with E-state index in [2.05, 4.69) is 21.6 Å². The molecule has 2 rings (SSSR count). The topological polar surface area (TPSA) is 54.9 Å². The van der Waals surface area contributed by atoms with E-state index in [-0.39, 0.29) is 22.8 Å². The second-order valence-electron chi connectivity index (χ2n) is 3.90. The minimum Gasteiger partial charge on any atom is -0.348 e. The van der Waals surface area contributed by atoms with Crippen LogP contribution in [0.4, 0.5) is 0 Å². The van der Waals surface area contributed by atoms with Crippen LogP contribution in [-0.4, -0.2) is 22.1 Å². The molecular formula is C12H12ClN3OS. The number of nitrogens with one attached hydrogen (secondary N) is 1. The van der Waals surface area contributed by atoms with Crippen LogP contribution in [0.5, 0.6) is 0 Å². The van der Waals surface area contributed by atoms with Crippen LogP contribution in [0.15, 0.2) is 29.6 Å². The number of carbonyl (C=O) groups excluding carboxylic acids is 1. The average Bonchev–Trinajstić information content (AvgIpc) is 2.82. The predicted octanol–water partition coefficient (Wildman–Crippen LogP) is 2.55. The van der Waals surface area contributed by atoms with E-state index in [1.165, 1.54) is 4.88 Å². The number of nitrogens with zero attached hydrogens (tertiary/aromatic N) is 2. The van der Waals surface area contributed by atoms with E-state index in [1.54, 1.807) is 23.5 Å². The summed E-state index contributed by atoms with van der Waals surface area (Å²) < 4.78 is 0. The number of halogens is 1. The van der Waals surface area contributed by atoms with Gasteiger partial charge in [0.25, 0.3) is 5.91 Å². The maximum atomic E-state index is 11.8. The molecular weight excluding hydrogens is 270 g/mol. The van der Waals surface area contributed by atoms with Crippen molar-refractivity contribution in [1.82, 2.24) is 15.5 Å². The lowest BCUT2D eigenvalue weighted by Gasteiger charge is -2.12. The number of hydrogen-bond acceptors (Lipinski definition) is 4. The van der Waals surface area contributed by atoms with Gasteiger partial charge in [0.1, 0.15) is 0 Å². The van der Waals surface area contributed by atoms with Crippen molar-refractivity contribution in [3.8, 4) is 0 Å². The molecule has 6 heteroatoms. The first-order valence-electron chi connectivity index (χ1n) is 5.47. The molecule has 18 heavy (non-hydrogen) atoms. The van der Waals surface area contributed by atoms with Gasteiger partial charge in [-0.15, -0.1) is 21.5 Å². The predicted molar refractivity (Wildman–Crippen MR) is 72.0 cm³/mol. The van der Waals surface area contributed by atoms with E-state index in [1.807, 2.05) is 18.4 Å². The monoisotopic (exact) mass is 281 g/mol. The smallest absolute Gasteiger partial charge is 0.272 e. The van der Waals surface area contributed by atoms with Crippen molar-refractivity contribution in [2.45, 2.75) is 19.4 Å². The Kier molecular flexibility index (Phi) is 4.28. The molecule has 0 radical (unpaired) electrons. The van der Waals surface area contributed by atoms with Gasteiger partial charge >= 0.3 is 0 Å². The molecule has 0 spiro atoms. The molecule has 0 bridgehead atoms. The third-order valence-corrected chi connectivity index (χ3v) is 3.43. The third-order valence-electron chi connectivity index (χ3n) is 2.33. The van der Waals surface area contributed by atoms with Crippen LogP contribution in [0.1, 0.15) is 22.3 Å². The van der Waals surface area contributed by atoms with Gasteiger partial charge in [-0.3, -0.25) is 4.79 Å². The van der Waals surface area contributed by atoms with Crippen LogP contribution in [0, 0.1) is 0 Å². The fourth-order valence-corrected chi connectivity index (χ4v) is 2.45. The van der Waals surface area contributed by atoms with Crippen molar-refractivity contribution in [1.29, 1.82) is 0 Å². The van der Waals surface area contributed by atoms with Crippen molar-refractivity contribution in [3.63, 3.8) is 0 Å². The first-order valence-corrected chi connectivity index (χ1v) is 6.73. The van der Waals surface area contributed by atoms with Crippen molar-refractivity contribution >= 4 is 28.8 Å².